The molecular weight excluding hydrogens is 474 g/mol. The lowest BCUT2D eigenvalue weighted by molar-refractivity contribution is -0.129. The summed E-state index contributed by atoms with van der Waals surface area (Å²) in [4.78, 5) is 14.1. The first kappa shape index (κ1) is 24.5. The molecule has 0 aliphatic rings. The van der Waals surface area contributed by atoms with E-state index < -0.39 is 16.6 Å². The Hall–Kier alpha value is -3.18. The maximum atomic E-state index is 12.6. The Balaban J connectivity index is 1.59. The zero-order valence-electron chi connectivity index (χ0n) is 17.8. The number of carbonyl (C=O) groups is 1. The van der Waals surface area contributed by atoms with Crippen LogP contribution in [0.1, 0.15) is 11.1 Å². The second-order valence-electron chi connectivity index (χ2n) is 7.02. The zero-order valence-corrected chi connectivity index (χ0v) is 19.5. The second-order valence-corrected chi connectivity index (χ2v) is 9.88. The number of carbonyl (C=O) groups excluding carboxylic acids is 1. The van der Waals surface area contributed by atoms with Gasteiger partial charge in [0, 0.05) is 19.3 Å². The molecule has 7 nitrogen and oxygen atoms in total. The van der Waals surface area contributed by atoms with Gasteiger partial charge in [-0.25, -0.2) is 8.42 Å². The molecule has 33 heavy (non-hydrogen) atoms. The van der Waals surface area contributed by atoms with E-state index in [2.05, 4.69) is 9.46 Å². The minimum atomic E-state index is -3.64. The van der Waals surface area contributed by atoms with Gasteiger partial charge in [-0.2, -0.15) is 8.78 Å². The van der Waals surface area contributed by atoms with Crippen molar-refractivity contribution in [1.82, 2.24) is 4.90 Å². The minimum absolute atomic E-state index is 0.0833. The predicted octanol–water partition coefficient (Wildman–Crippen LogP) is 4.36. The fourth-order valence-corrected chi connectivity index (χ4v) is 5.04. The average Bonchev–Trinajstić information content (AvgIpc) is 3.31. The summed E-state index contributed by atoms with van der Waals surface area (Å²) in [6.07, 6.45) is 0.109. The van der Waals surface area contributed by atoms with Crippen molar-refractivity contribution in [2.75, 3.05) is 18.9 Å². The molecule has 2 aromatic carbocycles. The number of methoxy groups -OCH3 is 1. The molecule has 0 fully saturated rings. The van der Waals surface area contributed by atoms with E-state index >= 15 is 0 Å². The molecule has 0 radical (unpaired) electrons. The Labute approximate surface area is 194 Å². The zero-order chi connectivity index (χ0) is 24.0. The molecule has 3 rings (SSSR count). The Morgan fingerprint density at radius 2 is 1.79 bits per heavy atom. The van der Waals surface area contributed by atoms with Crippen LogP contribution in [-0.4, -0.2) is 40.0 Å². The normalized spacial score (nSPS) is 11.3. The highest BCUT2D eigenvalue weighted by atomic mass is 32.2. The smallest absolute Gasteiger partial charge is 0.387 e. The van der Waals surface area contributed by atoms with Crippen molar-refractivity contribution in [2.45, 2.75) is 23.8 Å². The van der Waals surface area contributed by atoms with Crippen LogP contribution in [-0.2, 0) is 27.8 Å². The molecule has 1 N–H and O–H groups in total. The number of hydrogen-bond donors (Lipinski definition) is 1. The number of likely N-dealkylation sites (N-methyl/N-ethyl adjacent to an activating group) is 1. The third kappa shape index (κ3) is 6.65. The predicted molar refractivity (Wildman–Crippen MR) is 121 cm³/mol. The van der Waals surface area contributed by atoms with E-state index in [9.17, 15) is 22.0 Å². The van der Waals surface area contributed by atoms with Crippen LogP contribution in [0.2, 0.25) is 0 Å². The summed E-state index contributed by atoms with van der Waals surface area (Å²) in [5.41, 5.74) is 1.79. The molecule has 1 aromatic heterocycles. The molecule has 11 heteroatoms. The molecule has 0 aliphatic carbocycles. The molecule has 0 aliphatic heterocycles. The first-order chi connectivity index (χ1) is 15.7. The number of hydrogen-bond acceptors (Lipinski definition) is 6. The first-order valence-electron chi connectivity index (χ1n) is 9.69. The maximum Gasteiger partial charge on any atom is 0.387 e. The van der Waals surface area contributed by atoms with Crippen molar-refractivity contribution in [3.63, 3.8) is 0 Å². The second kappa shape index (κ2) is 10.6. The summed E-state index contributed by atoms with van der Waals surface area (Å²) in [5.74, 6) is -0.108. The summed E-state index contributed by atoms with van der Waals surface area (Å²) in [6.45, 7) is -2.73. The van der Waals surface area contributed by atoms with Crippen LogP contribution in [0.25, 0.3) is 0 Å². The third-order valence-electron chi connectivity index (χ3n) is 4.61. The van der Waals surface area contributed by atoms with Crippen LogP contribution in [0.3, 0.4) is 0 Å². The lowest BCUT2D eigenvalue weighted by Crippen LogP contribution is -2.27. The number of anilines is 1. The summed E-state index contributed by atoms with van der Waals surface area (Å²) in [5, 5.41) is 1.68. The van der Waals surface area contributed by atoms with Gasteiger partial charge in [0.1, 0.15) is 4.21 Å². The summed E-state index contributed by atoms with van der Waals surface area (Å²) in [7, 11) is -0.666. The van der Waals surface area contributed by atoms with E-state index in [0.29, 0.717) is 16.8 Å². The molecule has 0 saturated heterocycles. The highest BCUT2D eigenvalue weighted by Crippen LogP contribution is 2.30. The molecule has 0 bridgehead atoms. The summed E-state index contributed by atoms with van der Waals surface area (Å²) in [6, 6.07) is 14.2. The van der Waals surface area contributed by atoms with Gasteiger partial charge >= 0.3 is 6.61 Å². The van der Waals surface area contributed by atoms with E-state index in [1.54, 1.807) is 48.8 Å². The molecule has 0 atom stereocenters. The number of thiophene rings is 1. The fourth-order valence-electron chi connectivity index (χ4n) is 2.99. The van der Waals surface area contributed by atoms with Crippen LogP contribution < -0.4 is 14.2 Å². The molecule has 3 aromatic rings. The van der Waals surface area contributed by atoms with Gasteiger partial charge in [0.25, 0.3) is 10.0 Å². The number of benzene rings is 2. The molecule has 1 heterocycles. The maximum absolute atomic E-state index is 12.6. The van der Waals surface area contributed by atoms with Crippen molar-refractivity contribution >= 4 is 33.0 Å². The number of rotatable bonds is 10. The molecule has 0 saturated carbocycles. The van der Waals surface area contributed by atoms with E-state index in [-0.39, 0.29) is 34.6 Å². The number of amides is 1. The van der Waals surface area contributed by atoms with Gasteiger partial charge < -0.3 is 14.4 Å². The van der Waals surface area contributed by atoms with Gasteiger partial charge in [-0.1, -0.05) is 24.3 Å². The fraction of sp³-hybridized carbons (Fsp3) is 0.227. The van der Waals surface area contributed by atoms with Crippen LogP contribution >= 0.6 is 11.3 Å². The SMILES string of the molecule is COc1cc(CN(C)C(=O)Cc2ccc(NS(=O)(=O)c3cccs3)cc2)ccc1OC(F)F. The topological polar surface area (TPSA) is 84.9 Å². The van der Waals surface area contributed by atoms with Crippen molar-refractivity contribution in [1.29, 1.82) is 0 Å². The number of sulfonamides is 1. The highest BCUT2D eigenvalue weighted by Gasteiger charge is 2.16. The number of nitrogens with zero attached hydrogens (tertiary/aromatic N) is 1. The van der Waals surface area contributed by atoms with Gasteiger partial charge in [0.05, 0.1) is 13.5 Å². The van der Waals surface area contributed by atoms with E-state index in [4.69, 9.17) is 4.74 Å². The number of alkyl halides is 2. The minimum Gasteiger partial charge on any atom is -0.493 e. The lowest BCUT2D eigenvalue weighted by Gasteiger charge is -2.19. The molecule has 1 amide bonds. The highest BCUT2D eigenvalue weighted by molar-refractivity contribution is 7.94. The molecule has 0 unspecified atom stereocenters. The van der Waals surface area contributed by atoms with Crippen molar-refractivity contribution in [2.24, 2.45) is 0 Å². The standard InChI is InChI=1S/C22H22F2N2O5S2/c1-26(14-16-7-10-18(31-22(23)24)19(12-16)30-2)20(27)13-15-5-8-17(9-6-15)25-33(28,29)21-4-3-11-32-21/h3-12,22,25H,13-14H2,1-2H3. The molecule has 176 valence electrons. The van der Waals surface area contributed by atoms with Crippen LogP contribution in [0.15, 0.2) is 64.2 Å². The lowest BCUT2D eigenvalue weighted by atomic mass is 10.1. The van der Waals surface area contributed by atoms with E-state index in [1.165, 1.54) is 30.2 Å². The largest absolute Gasteiger partial charge is 0.493 e. The Kier molecular flexibility index (Phi) is 7.88. The first-order valence-corrected chi connectivity index (χ1v) is 12.0. The third-order valence-corrected chi connectivity index (χ3v) is 7.39. The van der Waals surface area contributed by atoms with E-state index in [0.717, 1.165) is 11.3 Å². The molecule has 0 spiro atoms. The molecular formula is C22H22F2N2O5S2. The quantitative estimate of drug-likeness (QED) is 0.451. The van der Waals surface area contributed by atoms with Crippen molar-refractivity contribution in [3.05, 3.63) is 71.1 Å². The van der Waals surface area contributed by atoms with Crippen molar-refractivity contribution < 1.29 is 31.5 Å². The van der Waals surface area contributed by atoms with Crippen LogP contribution in [0.4, 0.5) is 14.5 Å². The summed E-state index contributed by atoms with van der Waals surface area (Å²) >= 11 is 1.12. The summed E-state index contributed by atoms with van der Waals surface area (Å²) < 4.78 is 61.7. The van der Waals surface area contributed by atoms with Gasteiger partial charge in [-0.15, -0.1) is 11.3 Å². The van der Waals surface area contributed by atoms with Gasteiger partial charge in [-0.3, -0.25) is 9.52 Å². The Bertz CT molecular complexity index is 1180. The monoisotopic (exact) mass is 496 g/mol. The van der Waals surface area contributed by atoms with Gasteiger partial charge in [0.15, 0.2) is 11.5 Å². The number of ether oxygens (including phenoxy) is 2. The van der Waals surface area contributed by atoms with Gasteiger partial charge in [0.2, 0.25) is 5.91 Å². The van der Waals surface area contributed by atoms with Gasteiger partial charge in [-0.05, 0) is 46.8 Å². The van der Waals surface area contributed by atoms with Crippen molar-refractivity contribution in [3.8, 4) is 11.5 Å². The number of halogens is 2. The Morgan fingerprint density at radius 3 is 2.39 bits per heavy atom. The van der Waals surface area contributed by atoms with Crippen LogP contribution in [0.5, 0.6) is 11.5 Å². The number of nitrogens with one attached hydrogen (secondary N) is 1. The Morgan fingerprint density at radius 1 is 1.09 bits per heavy atom. The van der Waals surface area contributed by atoms with E-state index in [1.807, 2.05) is 0 Å². The van der Waals surface area contributed by atoms with Crippen LogP contribution in [0, 0.1) is 0 Å². The average molecular weight is 497 g/mol.